The number of benzene rings is 1. The van der Waals surface area contributed by atoms with E-state index in [0.717, 1.165) is 18.4 Å². The number of carboxylic acid groups (broad SMARTS) is 1. The lowest BCUT2D eigenvalue weighted by molar-refractivity contribution is -0.141. The Kier molecular flexibility index (Phi) is 3.95. The number of carbonyl (C=O) groups is 2. The molecule has 4 heteroatoms. The third-order valence-electron chi connectivity index (χ3n) is 4.60. The maximum absolute atomic E-state index is 12.7. The molecule has 0 bridgehead atoms. The first kappa shape index (κ1) is 14.1. The average molecular weight is 287 g/mol. The molecule has 21 heavy (non-hydrogen) atoms. The van der Waals surface area contributed by atoms with Gasteiger partial charge >= 0.3 is 5.97 Å². The number of amides is 1. The van der Waals surface area contributed by atoms with Gasteiger partial charge in [-0.2, -0.15) is 0 Å². The summed E-state index contributed by atoms with van der Waals surface area (Å²) in [6.45, 7) is 0.651. The quantitative estimate of drug-likeness (QED) is 0.905. The molecule has 2 aliphatic carbocycles. The van der Waals surface area contributed by atoms with E-state index in [-0.39, 0.29) is 17.7 Å². The van der Waals surface area contributed by atoms with Crippen molar-refractivity contribution >= 4 is 11.9 Å². The molecule has 0 aliphatic heterocycles. The second-order valence-electron chi connectivity index (χ2n) is 6.23. The van der Waals surface area contributed by atoms with Crippen molar-refractivity contribution in [3.63, 3.8) is 0 Å². The third-order valence-corrected chi connectivity index (χ3v) is 4.60. The Labute approximate surface area is 124 Å². The summed E-state index contributed by atoms with van der Waals surface area (Å²) in [5.41, 5.74) is 1.14. The maximum atomic E-state index is 12.7. The van der Waals surface area contributed by atoms with E-state index in [1.54, 1.807) is 0 Å². The highest BCUT2D eigenvalue weighted by atomic mass is 16.4. The average Bonchev–Trinajstić information content (AvgIpc) is 3.20. The molecule has 3 rings (SSSR count). The molecule has 0 saturated heterocycles. The van der Waals surface area contributed by atoms with Crippen LogP contribution >= 0.6 is 0 Å². The van der Waals surface area contributed by atoms with Crippen LogP contribution < -0.4 is 0 Å². The number of aliphatic carboxylic acids is 1. The largest absolute Gasteiger partial charge is 0.481 e. The van der Waals surface area contributed by atoms with Crippen molar-refractivity contribution in [2.75, 3.05) is 0 Å². The first-order valence-corrected chi connectivity index (χ1v) is 7.72. The Bertz CT molecular complexity index is 524. The molecule has 0 radical (unpaired) electrons. The van der Waals surface area contributed by atoms with Crippen LogP contribution in [0.25, 0.3) is 0 Å². The van der Waals surface area contributed by atoms with Crippen LogP contribution in [0.4, 0.5) is 0 Å². The van der Waals surface area contributed by atoms with Gasteiger partial charge in [0.25, 0.3) is 0 Å². The molecule has 2 atom stereocenters. The van der Waals surface area contributed by atoms with E-state index in [0.29, 0.717) is 31.8 Å². The number of carboxylic acids is 1. The molecule has 0 heterocycles. The SMILES string of the molecule is O=C(O)[C@H]1CC[C@@H](C(=O)N(Cc2ccccc2)C2CC2)C1. The third kappa shape index (κ3) is 3.26. The van der Waals surface area contributed by atoms with Gasteiger partial charge in [0, 0.05) is 18.5 Å². The molecular weight excluding hydrogens is 266 g/mol. The fourth-order valence-corrected chi connectivity index (χ4v) is 3.22. The van der Waals surface area contributed by atoms with E-state index >= 15 is 0 Å². The molecule has 2 saturated carbocycles. The van der Waals surface area contributed by atoms with Crippen LogP contribution in [-0.2, 0) is 16.1 Å². The van der Waals surface area contributed by atoms with Crippen LogP contribution in [-0.4, -0.2) is 27.9 Å². The standard InChI is InChI=1S/C17H21NO3/c19-16(13-6-7-14(10-13)17(20)21)18(15-8-9-15)11-12-4-2-1-3-5-12/h1-5,13-15H,6-11H2,(H,20,21)/t13-,14+/m1/s1. The number of rotatable bonds is 5. The second-order valence-corrected chi connectivity index (χ2v) is 6.23. The zero-order valence-electron chi connectivity index (χ0n) is 12.1. The lowest BCUT2D eigenvalue weighted by Crippen LogP contribution is -2.36. The summed E-state index contributed by atoms with van der Waals surface area (Å²) < 4.78 is 0. The van der Waals surface area contributed by atoms with E-state index in [1.807, 2.05) is 35.2 Å². The van der Waals surface area contributed by atoms with Crippen LogP contribution in [0, 0.1) is 11.8 Å². The van der Waals surface area contributed by atoms with Crippen molar-refractivity contribution in [2.45, 2.75) is 44.7 Å². The number of hydrogen-bond acceptors (Lipinski definition) is 2. The van der Waals surface area contributed by atoms with Crippen molar-refractivity contribution in [1.82, 2.24) is 4.90 Å². The van der Waals surface area contributed by atoms with E-state index < -0.39 is 5.97 Å². The Morgan fingerprint density at radius 2 is 1.71 bits per heavy atom. The summed E-state index contributed by atoms with van der Waals surface area (Å²) in [7, 11) is 0. The van der Waals surface area contributed by atoms with Gasteiger partial charge < -0.3 is 10.0 Å². The number of nitrogens with zero attached hydrogens (tertiary/aromatic N) is 1. The molecule has 2 fully saturated rings. The van der Waals surface area contributed by atoms with E-state index in [1.165, 1.54) is 0 Å². The molecule has 0 aromatic heterocycles. The lowest BCUT2D eigenvalue weighted by atomic mass is 10.0. The van der Waals surface area contributed by atoms with Gasteiger partial charge in [0.1, 0.15) is 0 Å². The van der Waals surface area contributed by atoms with Gasteiger partial charge in [-0.05, 0) is 37.7 Å². The highest BCUT2D eigenvalue weighted by Gasteiger charge is 2.40. The van der Waals surface area contributed by atoms with Crippen LogP contribution in [0.2, 0.25) is 0 Å². The zero-order chi connectivity index (χ0) is 14.8. The Morgan fingerprint density at radius 3 is 2.29 bits per heavy atom. The predicted molar refractivity (Wildman–Crippen MR) is 78.5 cm³/mol. The maximum Gasteiger partial charge on any atom is 0.306 e. The first-order chi connectivity index (χ1) is 10.1. The predicted octanol–water partition coefficient (Wildman–Crippen LogP) is 2.68. The van der Waals surface area contributed by atoms with Crippen molar-refractivity contribution in [3.05, 3.63) is 35.9 Å². The van der Waals surface area contributed by atoms with Crippen molar-refractivity contribution in [2.24, 2.45) is 11.8 Å². The normalized spacial score (nSPS) is 24.8. The summed E-state index contributed by atoms with van der Waals surface area (Å²) in [6.07, 6.45) is 4.01. The molecule has 1 aromatic carbocycles. The Morgan fingerprint density at radius 1 is 1.05 bits per heavy atom. The van der Waals surface area contributed by atoms with Gasteiger partial charge in [0.15, 0.2) is 0 Å². The fraction of sp³-hybridized carbons (Fsp3) is 0.529. The van der Waals surface area contributed by atoms with E-state index in [9.17, 15) is 9.59 Å². The smallest absolute Gasteiger partial charge is 0.306 e. The molecule has 112 valence electrons. The Hall–Kier alpha value is -1.84. The lowest BCUT2D eigenvalue weighted by Gasteiger charge is -2.25. The summed E-state index contributed by atoms with van der Waals surface area (Å²) in [5.74, 6) is -1.04. The van der Waals surface area contributed by atoms with Crippen molar-refractivity contribution in [1.29, 1.82) is 0 Å². The monoisotopic (exact) mass is 287 g/mol. The molecular formula is C17H21NO3. The molecule has 2 aliphatic rings. The molecule has 1 amide bonds. The van der Waals surface area contributed by atoms with Gasteiger partial charge in [-0.15, -0.1) is 0 Å². The van der Waals surface area contributed by atoms with Crippen molar-refractivity contribution < 1.29 is 14.7 Å². The van der Waals surface area contributed by atoms with Gasteiger partial charge in [0.05, 0.1) is 5.92 Å². The van der Waals surface area contributed by atoms with E-state index in [2.05, 4.69) is 0 Å². The number of hydrogen-bond donors (Lipinski definition) is 1. The van der Waals surface area contributed by atoms with Gasteiger partial charge in [0.2, 0.25) is 5.91 Å². The van der Waals surface area contributed by atoms with Crippen LogP contribution in [0.1, 0.15) is 37.7 Å². The summed E-state index contributed by atoms with van der Waals surface area (Å²) >= 11 is 0. The molecule has 4 nitrogen and oxygen atoms in total. The first-order valence-electron chi connectivity index (χ1n) is 7.72. The minimum absolute atomic E-state index is 0.101. The molecule has 0 unspecified atom stereocenters. The van der Waals surface area contributed by atoms with Gasteiger partial charge in [-0.25, -0.2) is 0 Å². The summed E-state index contributed by atoms with van der Waals surface area (Å²) in [6, 6.07) is 10.4. The van der Waals surface area contributed by atoms with Crippen LogP contribution in [0.5, 0.6) is 0 Å². The Balaban J connectivity index is 1.67. The minimum atomic E-state index is -0.758. The summed E-state index contributed by atoms with van der Waals surface area (Å²) in [4.78, 5) is 25.8. The number of carbonyl (C=O) groups excluding carboxylic acids is 1. The molecule has 1 N–H and O–H groups in total. The second kappa shape index (κ2) is 5.88. The highest BCUT2D eigenvalue weighted by molar-refractivity contribution is 5.81. The van der Waals surface area contributed by atoms with E-state index in [4.69, 9.17) is 5.11 Å². The zero-order valence-corrected chi connectivity index (χ0v) is 12.1. The highest BCUT2D eigenvalue weighted by Crippen LogP contribution is 2.36. The van der Waals surface area contributed by atoms with Gasteiger partial charge in [-0.3, -0.25) is 9.59 Å². The van der Waals surface area contributed by atoms with Gasteiger partial charge in [-0.1, -0.05) is 30.3 Å². The molecule has 1 aromatic rings. The van der Waals surface area contributed by atoms with Crippen LogP contribution in [0.15, 0.2) is 30.3 Å². The van der Waals surface area contributed by atoms with Crippen molar-refractivity contribution in [3.8, 4) is 0 Å². The topological polar surface area (TPSA) is 57.6 Å². The summed E-state index contributed by atoms with van der Waals surface area (Å²) in [5, 5.41) is 9.08. The molecule has 0 spiro atoms. The fourth-order valence-electron chi connectivity index (χ4n) is 3.22. The van der Waals surface area contributed by atoms with Crippen LogP contribution in [0.3, 0.4) is 0 Å². The minimum Gasteiger partial charge on any atom is -0.481 e.